The third kappa shape index (κ3) is 6.25. The summed E-state index contributed by atoms with van der Waals surface area (Å²) < 4.78 is 5.04. The van der Waals surface area contributed by atoms with Gasteiger partial charge in [0.2, 0.25) is 0 Å². The molecule has 0 aliphatic heterocycles. The van der Waals surface area contributed by atoms with Gasteiger partial charge in [-0.1, -0.05) is 13.3 Å². The van der Waals surface area contributed by atoms with Crippen molar-refractivity contribution >= 4 is 6.09 Å². The molecule has 0 aliphatic rings. The van der Waals surface area contributed by atoms with Crippen LogP contribution in [0.1, 0.15) is 40.5 Å². The van der Waals surface area contributed by atoms with Gasteiger partial charge in [-0.15, -0.1) is 0 Å². The Balaban J connectivity index is 4.30. The summed E-state index contributed by atoms with van der Waals surface area (Å²) in [5.74, 6) is 0. The van der Waals surface area contributed by atoms with Crippen LogP contribution in [0.15, 0.2) is 0 Å². The van der Waals surface area contributed by atoms with Crippen molar-refractivity contribution in [1.29, 1.82) is 5.26 Å². The van der Waals surface area contributed by atoms with Gasteiger partial charge in [0.05, 0.1) is 12.1 Å². The summed E-state index contributed by atoms with van der Waals surface area (Å²) in [5.41, 5.74) is -0.585. The number of hydrogen-bond acceptors (Lipinski definition) is 4. The SMILES string of the molecule is CCCC(NC(=O)OC(C)(C)C)C(O)C#N. The highest BCUT2D eigenvalue weighted by molar-refractivity contribution is 5.68. The third-order valence-corrected chi connectivity index (χ3v) is 1.82. The summed E-state index contributed by atoms with van der Waals surface area (Å²) in [4.78, 5) is 11.4. The maximum absolute atomic E-state index is 11.4. The van der Waals surface area contributed by atoms with Gasteiger partial charge >= 0.3 is 6.09 Å². The molecule has 2 atom stereocenters. The maximum Gasteiger partial charge on any atom is 0.407 e. The van der Waals surface area contributed by atoms with Crippen LogP contribution in [-0.2, 0) is 4.74 Å². The quantitative estimate of drug-likeness (QED) is 0.715. The molecule has 0 radical (unpaired) electrons. The van der Waals surface area contributed by atoms with Gasteiger partial charge in [0.25, 0.3) is 0 Å². The zero-order valence-corrected chi connectivity index (χ0v) is 10.3. The number of carbonyl (C=O) groups excluding carboxylic acids is 1. The molecule has 5 heteroatoms. The van der Waals surface area contributed by atoms with Crippen LogP contribution in [0.4, 0.5) is 4.79 Å². The minimum Gasteiger partial charge on any atom is -0.444 e. The number of aliphatic hydroxyl groups excluding tert-OH is 1. The predicted octanol–water partition coefficient (Wildman–Crippen LogP) is 1.56. The van der Waals surface area contributed by atoms with Crippen molar-refractivity contribution in [3.8, 4) is 6.07 Å². The van der Waals surface area contributed by atoms with Gasteiger partial charge in [0.15, 0.2) is 6.10 Å². The predicted molar refractivity (Wildman–Crippen MR) is 59.7 cm³/mol. The molecule has 0 spiro atoms. The lowest BCUT2D eigenvalue weighted by atomic mass is 10.1. The normalized spacial score (nSPS) is 14.8. The third-order valence-electron chi connectivity index (χ3n) is 1.82. The molecule has 0 aromatic heterocycles. The summed E-state index contributed by atoms with van der Waals surface area (Å²) in [7, 11) is 0. The second-order valence-corrected chi connectivity index (χ2v) is 4.62. The molecule has 92 valence electrons. The van der Waals surface area contributed by atoms with E-state index in [1.54, 1.807) is 26.8 Å². The maximum atomic E-state index is 11.4. The molecule has 2 unspecified atom stereocenters. The molecule has 2 N–H and O–H groups in total. The Morgan fingerprint density at radius 1 is 1.56 bits per heavy atom. The summed E-state index contributed by atoms with van der Waals surface area (Å²) in [6.45, 7) is 7.17. The Labute approximate surface area is 96.4 Å². The van der Waals surface area contributed by atoms with Crippen LogP contribution in [0.2, 0.25) is 0 Å². The molecular formula is C11H20N2O3. The fourth-order valence-electron chi connectivity index (χ4n) is 1.17. The summed E-state index contributed by atoms with van der Waals surface area (Å²) in [5, 5.41) is 20.4. The first-order valence-corrected chi connectivity index (χ1v) is 5.37. The highest BCUT2D eigenvalue weighted by Gasteiger charge is 2.23. The van der Waals surface area contributed by atoms with Gasteiger partial charge in [-0.25, -0.2) is 4.79 Å². The number of rotatable bonds is 4. The molecule has 0 bridgehead atoms. The number of alkyl carbamates (subject to hydrolysis) is 1. The number of nitrogens with one attached hydrogen (secondary N) is 1. The first-order chi connectivity index (χ1) is 7.30. The average Bonchev–Trinajstić information content (AvgIpc) is 2.13. The van der Waals surface area contributed by atoms with Crippen LogP contribution in [-0.4, -0.2) is 28.9 Å². The summed E-state index contributed by atoms with van der Waals surface area (Å²) in [6, 6.07) is 1.12. The topological polar surface area (TPSA) is 82.3 Å². The molecule has 0 rings (SSSR count). The highest BCUT2D eigenvalue weighted by Crippen LogP contribution is 2.08. The molecule has 0 aliphatic carbocycles. The monoisotopic (exact) mass is 228 g/mol. The van der Waals surface area contributed by atoms with Crippen molar-refractivity contribution in [1.82, 2.24) is 5.32 Å². The van der Waals surface area contributed by atoms with E-state index in [0.717, 1.165) is 6.42 Å². The van der Waals surface area contributed by atoms with Crippen molar-refractivity contribution in [2.75, 3.05) is 0 Å². The Morgan fingerprint density at radius 2 is 2.12 bits per heavy atom. The number of hydrogen-bond donors (Lipinski definition) is 2. The number of amides is 1. The van der Waals surface area contributed by atoms with Crippen molar-refractivity contribution in [2.45, 2.75) is 58.3 Å². The Kier molecular flexibility index (Phi) is 5.83. The second-order valence-electron chi connectivity index (χ2n) is 4.62. The number of carbonyl (C=O) groups is 1. The molecular weight excluding hydrogens is 208 g/mol. The van der Waals surface area contributed by atoms with Crippen molar-refractivity contribution in [2.24, 2.45) is 0 Å². The van der Waals surface area contributed by atoms with Gasteiger partial charge in [-0.2, -0.15) is 5.26 Å². The Morgan fingerprint density at radius 3 is 2.50 bits per heavy atom. The molecule has 16 heavy (non-hydrogen) atoms. The van der Waals surface area contributed by atoms with Gasteiger partial charge in [-0.3, -0.25) is 0 Å². The number of ether oxygens (including phenoxy) is 1. The highest BCUT2D eigenvalue weighted by atomic mass is 16.6. The van der Waals surface area contributed by atoms with E-state index in [-0.39, 0.29) is 0 Å². The van der Waals surface area contributed by atoms with Crippen molar-refractivity contribution < 1.29 is 14.6 Å². The zero-order chi connectivity index (χ0) is 12.8. The fourth-order valence-corrected chi connectivity index (χ4v) is 1.17. The number of aliphatic hydroxyl groups is 1. The molecule has 0 aromatic carbocycles. The zero-order valence-electron chi connectivity index (χ0n) is 10.3. The van der Waals surface area contributed by atoms with Gasteiger partial charge in [-0.05, 0) is 27.2 Å². The van der Waals surface area contributed by atoms with E-state index in [1.165, 1.54) is 0 Å². The van der Waals surface area contributed by atoms with E-state index < -0.39 is 23.8 Å². The molecule has 0 saturated heterocycles. The van der Waals surface area contributed by atoms with Crippen LogP contribution < -0.4 is 5.32 Å². The molecule has 1 amide bonds. The van der Waals surface area contributed by atoms with E-state index in [1.807, 2.05) is 6.92 Å². The van der Waals surface area contributed by atoms with Gasteiger partial charge in [0, 0.05) is 0 Å². The van der Waals surface area contributed by atoms with Gasteiger partial charge in [0.1, 0.15) is 5.60 Å². The summed E-state index contributed by atoms with van der Waals surface area (Å²) in [6.07, 6.45) is -0.514. The first-order valence-electron chi connectivity index (χ1n) is 5.37. The van der Waals surface area contributed by atoms with Crippen LogP contribution in [0, 0.1) is 11.3 Å². The first kappa shape index (κ1) is 14.7. The van der Waals surface area contributed by atoms with E-state index in [9.17, 15) is 9.90 Å². The Bertz CT molecular complexity index is 265. The second kappa shape index (κ2) is 6.33. The molecule has 0 heterocycles. The number of nitrogens with zero attached hydrogens (tertiary/aromatic N) is 1. The van der Waals surface area contributed by atoms with E-state index in [2.05, 4.69) is 5.32 Å². The minimum absolute atomic E-state index is 0.536. The largest absolute Gasteiger partial charge is 0.444 e. The molecule has 0 aromatic rings. The van der Waals surface area contributed by atoms with E-state index in [0.29, 0.717) is 6.42 Å². The van der Waals surface area contributed by atoms with Crippen LogP contribution >= 0.6 is 0 Å². The van der Waals surface area contributed by atoms with Crippen molar-refractivity contribution in [3.63, 3.8) is 0 Å². The Hall–Kier alpha value is -1.28. The molecule has 0 saturated carbocycles. The van der Waals surface area contributed by atoms with Crippen LogP contribution in [0.25, 0.3) is 0 Å². The van der Waals surface area contributed by atoms with Gasteiger partial charge < -0.3 is 15.2 Å². The van der Waals surface area contributed by atoms with Crippen molar-refractivity contribution in [3.05, 3.63) is 0 Å². The van der Waals surface area contributed by atoms with E-state index >= 15 is 0 Å². The molecule has 0 fully saturated rings. The van der Waals surface area contributed by atoms with E-state index in [4.69, 9.17) is 10.00 Å². The lowest BCUT2D eigenvalue weighted by Gasteiger charge is -2.24. The lowest BCUT2D eigenvalue weighted by Crippen LogP contribution is -2.44. The minimum atomic E-state index is -1.20. The molecule has 5 nitrogen and oxygen atoms in total. The van der Waals surface area contributed by atoms with Crippen LogP contribution in [0.5, 0.6) is 0 Å². The summed E-state index contributed by atoms with van der Waals surface area (Å²) >= 11 is 0. The van der Waals surface area contributed by atoms with Crippen LogP contribution in [0.3, 0.4) is 0 Å². The lowest BCUT2D eigenvalue weighted by molar-refractivity contribution is 0.0453. The fraction of sp³-hybridized carbons (Fsp3) is 0.818. The smallest absolute Gasteiger partial charge is 0.407 e. The number of nitriles is 1. The standard InChI is InChI=1S/C11H20N2O3/c1-5-6-8(9(14)7-12)13-10(15)16-11(2,3)4/h8-9,14H,5-6H2,1-4H3,(H,13,15). The average molecular weight is 228 g/mol.